The van der Waals surface area contributed by atoms with Gasteiger partial charge in [0.2, 0.25) is 0 Å². The van der Waals surface area contributed by atoms with Gasteiger partial charge in [-0.05, 0) is 43.4 Å². The van der Waals surface area contributed by atoms with E-state index in [1.165, 1.54) is 25.7 Å². The van der Waals surface area contributed by atoms with Crippen LogP contribution in [-0.4, -0.2) is 17.4 Å². The van der Waals surface area contributed by atoms with E-state index in [0.29, 0.717) is 5.75 Å². The molecule has 1 aromatic carbocycles. The smallest absolute Gasteiger partial charge is 0.120 e. The van der Waals surface area contributed by atoms with E-state index >= 15 is 0 Å². The first-order valence-electron chi connectivity index (χ1n) is 6.99. The van der Waals surface area contributed by atoms with Gasteiger partial charge in [-0.2, -0.15) is 0 Å². The molecule has 3 heteroatoms. The number of phenols is 1. The van der Waals surface area contributed by atoms with Crippen LogP contribution in [0.3, 0.4) is 0 Å². The molecule has 1 aliphatic carbocycles. The molecule has 1 atom stereocenters. The van der Waals surface area contributed by atoms with Crippen LogP contribution in [0.1, 0.15) is 50.2 Å². The number of hydrogen-bond donors (Lipinski definition) is 2. The van der Waals surface area contributed by atoms with Gasteiger partial charge in [0.25, 0.3) is 0 Å². The Morgan fingerprint density at radius 1 is 1.17 bits per heavy atom. The molecule has 0 amide bonds. The van der Waals surface area contributed by atoms with Gasteiger partial charge in [0.05, 0.1) is 6.10 Å². The Morgan fingerprint density at radius 2 is 1.94 bits per heavy atom. The normalized spacial score (nSPS) is 27.2. The second-order valence-corrected chi connectivity index (χ2v) is 5.49. The van der Waals surface area contributed by atoms with Crippen molar-refractivity contribution in [1.82, 2.24) is 5.32 Å². The summed E-state index contributed by atoms with van der Waals surface area (Å²) in [4.78, 5) is 0. The van der Waals surface area contributed by atoms with Gasteiger partial charge in [-0.25, -0.2) is 0 Å². The second-order valence-electron chi connectivity index (χ2n) is 5.49. The van der Waals surface area contributed by atoms with Crippen LogP contribution in [0, 0.1) is 0 Å². The van der Waals surface area contributed by atoms with Crippen LogP contribution in [0.5, 0.6) is 5.75 Å². The minimum atomic E-state index is -0.105. The Morgan fingerprint density at radius 3 is 2.67 bits per heavy atom. The van der Waals surface area contributed by atoms with Crippen molar-refractivity contribution in [2.75, 3.05) is 6.54 Å². The van der Waals surface area contributed by atoms with Crippen LogP contribution < -0.4 is 5.32 Å². The number of ether oxygens (including phenoxy) is 1. The van der Waals surface area contributed by atoms with Crippen LogP contribution in [-0.2, 0) is 4.74 Å². The van der Waals surface area contributed by atoms with E-state index in [4.69, 9.17) is 4.74 Å². The number of benzene rings is 1. The lowest BCUT2D eigenvalue weighted by atomic mass is 10.1. The Hall–Kier alpha value is -1.06. The first kappa shape index (κ1) is 12.0. The quantitative estimate of drug-likeness (QED) is 0.801. The molecule has 1 unspecified atom stereocenters. The van der Waals surface area contributed by atoms with Gasteiger partial charge >= 0.3 is 0 Å². The number of aromatic hydroxyl groups is 1. The molecule has 18 heavy (non-hydrogen) atoms. The van der Waals surface area contributed by atoms with Gasteiger partial charge in [0.15, 0.2) is 0 Å². The van der Waals surface area contributed by atoms with Crippen LogP contribution in [0.2, 0.25) is 0 Å². The number of nitrogens with one attached hydrogen (secondary N) is 1. The summed E-state index contributed by atoms with van der Waals surface area (Å²) in [5, 5.41) is 13.1. The maximum atomic E-state index is 9.54. The summed E-state index contributed by atoms with van der Waals surface area (Å²) in [5.41, 5.74) is 0.968. The largest absolute Gasteiger partial charge is 0.508 e. The molecule has 2 aliphatic rings. The highest BCUT2D eigenvalue weighted by atomic mass is 16.5. The Balaban J connectivity index is 1.74. The molecule has 98 valence electrons. The maximum Gasteiger partial charge on any atom is 0.120 e. The molecule has 0 bridgehead atoms. The van der Waals surface area contributed by atoms with E-state index in [1.54, 1.807) is 6.07 Å². The monoisotopic (exact) mass is 247 g/mol. The summed E-state index contributed by atoms with van der Waals surface area (Å²) in [6.07, 6.45) is 7.45. The summed E-state index contributed by atoms with van der Waals surface area (Å²) in [7, 11) is 0. The van der Waals surface area contributed by atoms with Crippen LogP contribution in [0.25, 0.3) is 0 Å². The topological polar surface area (TPSA) is 41.5 Å². The molecular weight excluding hydrogens is 226 g/mol. The number of rotatable bonds is 1. The number of phenolic OH excluding ortho intramolecular Hbond substituents is 1. The third kappa shape index (κ3) is 2.38. The fourth-order valence-corrected chi connectivity index (χ4v) is 3.14. The van der Waals surface area contributed by atoms with E-state index < -0.39 is 0 Å². The Bertz CT molecular complexity index is 411. The lowest BCUT2D eigenvalue weighted by Crippen LogP contribution is -2.40. The number of hydrogen-bond acceptors (Lipinski definition) is 3. The zero-order chi connectivity index (χ0) is 12.4. The fourth-order valence-electron chi connectivity index (χ4n) is 3.14. The van der Waals surface area contributed by atoms with Gasteiger partial charge in [0.1, 0.15) is 11.5 Å². The van der Waals surface area contributed by atoms with E-state index in [0.717, 1.165) is 24.9 Å². The Kier molecular flexibility index (Phi) is 3.27. The minimum Gasteiger partial charge on any atom is -0.508 e. The second kappa shape index (κ2) is 4.90. The average molecular weight is 247 g/mol. The molecule has 1 heterocycles. The molecule has 3 nitrogen and oxygen atoms in total. The first-order chi connectivity index (χ1) is 8.77. The molecule has 1 spiro atoms. The van der Waals surface area contributed by atoms with Crippen molar-refractivity contribution in [2.24, 2.45) is 0 Å². The van der Waals surface area contributed by atoms with Crippen molar-refractivity contribution in [3.8, 4) is 5.75 Å². The lowest BCUT2D eigenvalue weighted by molar-refractivity contribution is -0.0614. The maximum absolute atomic E-state index is 9.54. The van der Waals surface area contributed by atoms with Gasteiger partial charge in [0, 0.05) is 6.54 Å². The van der Waals surface area contributed by atoms with E-state index in [-0.39, 0.29) is 11.8 Å². The third-order valence-corrected chi connectivity index (χ3v) is 4.13. The predicted octanol–water partition coefficient (Wildman–Crippen LogP) is 3.10. The fraction of sp³-hybridized carbons (Fsp3) is 0.600. The SMILES string of the molecule is Oc1cccc(C2CNC3(CCCCCC3)O2)c1. The molecule has 2 N–H and O–H groups in total. The highest BCUT2D eigenvalue weighted by Crippen LogP contribution is 2.38. The van der Waals surface area contributed by atoms with E-state index in [1.807, 2.05) is 18.2 Å². The highest BCUT2D eigenvalue weighted by Gasteiger charge is 2.40. The van der Waals surface area contributed by atoms with Crippen molar-refractivity contribution in [3.05, 3.63) is 29.8 Å². The van der Waals surface area contributed by atoms with Crippen molar-refractivity contribution >= 4 is 0 Å². The summed E-state index contributed by atoms with van der Waals surface area (Å²) in [6.45, 7) is 0.851. The molecule has 3 rings (SSSR count). The van der Waals surface area contributed by atoms with E-state index in [2.05, 4.69) is 5.32 Å². The molecule has 1 saturated heterocycles. The van der Waals surface area contributed by atoms with Gasteiger partial charge in [-0.3, -0.25) is 5.32 Å². The molecule has 1 saturated carbocycles. The van der Waals surface area contributed by atoms with Crippen molar-refractivity contribution in [2.45, 2.75) is 50.4 Å². The zero-order valence-electron chi connectivity index (χ0n) is 10.7. The summed E-state index contributed by atoms with van der Waals surface area (Å²) in [5.74, 6) is 0.318. The Labute approximate surface area is 108 Å². The van der Waals surface area contributed by atoms with Crippen LogP contribution in [0.15, 0.2) is 24.3 Å². The van der Waals surface area contributed by atoms with Crippen LogP contribution in [0.4, 0.5) is 0 Å². The van der Waals surface area contributed by atoms with Crippen molar-refractivity contribution < 1.29 is 9.84 Å². The summed E-state index contributed by atoms with van der Waals surface area (Å²) < 4.78 is 6.29. The first-order valence-corrected chi connectivity index (χ1v) is 6.99. The van der Waals surface area contributed by atoms with Crippen molar-refractivity contribution in [3.63, 3.8) is 0 Å². The van der Waals surface area contributed by atoms with Crippen LogP contribution >= 0.6 is 0 Å². The zero-order valence-corrected chi connectivity index (χ0v) is 10.7. The lowest BCUT2D eigenvalue weighted by Gasteiger charge is -2.28. The predicted molar refractivity (Wildman–Crippen MR) is 70.4 cm³/mol. The van der Waals surface area contributed by atoms with Crippen molar-refractivity contribution in [1.29, 1.82) is 0 Å². The van der Waals surface area contributed by atoms with Gasteiger partial charge in [-0.15, -0.1) is 0 Å². The highest BCUT2D eigenvalue weighted by molar-refractivity contribution is 5.29. The molecule has 1 aliphatic heterocycles. The molecule has 0 aromatic heterocycles. The van der Waals surface area contributed by atoms with E-state index in [9.17, 15) is 5.11 Å². The van der Waals surface area contributed by atoms with Gasteiger partial charge in [-0.1, -0.05) is 25.0 Å². The summed E-state index contributed by atoms with van der Waals surface area (Å²) >= 11 is 0. The molecule has 2 fully saturated rings. The summed E-state index contributed by atoms with van der Waals surface area (Å²) in [6, 6.07) is 7.42. The molecule has 0 radical (unpaired) electrons. The van der Waals surface area contributed by atoms with Gasteiger partial charge < -0.3 is 9.84 Å². The molecular formula is C15H21NO2. The third-order valence-electron chi connectivity index (χ3n) is 4.13. The average Bonchev–Trinajstić information content (AvgIpc) is 2.64. The minimum absolute atomic E-state index is 0.0789. The molecule has 1 aromatic rings. The standard InChI is InChI=1S/C15H21NO2/c17-13-7-5-6-12(10-13)14-11-16-15(18-14)8-3-1-2-4-9-15/h5-7,10,14,16-17H,1-4,8-9,11H2.